The van der Waals surface area contributed by atoms with Crippen molar-refractivity contribution in [1.82, 2.24) is 4.37 Å². The number of rotatable bonds is 2. The van der Waals surface area contributed by atoms with E-state index in [1.807, 2.05) is 48.5 Å². The van der Waals surface area contributed by atoms with Gasteiger partial charge in [0.05, 0.1) is 11.4 Å². The molecule has 3 rings (SSSR count). The van der Waals surface area contributed by atoms with Crippen LogP contribution in [-0.2, 0) is 0 Å². The molecule has 0 saturated carbocycles. The highest BCUT2D eigenvalue weighted by molar-refractivity contribution is 7.69. The average molecular weight is 258 g/mol. The summed E-state index contributed by atoms with van der Waals surface area (Å²) in [6, 6.07) is 15.6. The minimum absolute atomic E-state index is 0.859. The molecule has 0 aliphatic rings. The summed E-state index contributed by atoms with van der Waals surface area (Å²) in [6.45, 7) is 0. The van der Waals surface area contributed by atoms with Gasteiger partial charge in [-0.05, 0) is 24.3 Å². The summed E-state index contributed by atoms with van der Waals surface area (Å²) in [4.78, 5) is 0. The van der Waals surface area contributed by atoms with Crippen molar-refractivity contribution < 1.29 is 0 Å². The van der Waals surface area contributed by atoms with Gasteiger partial charge < -0.3 is 0 Å². The highest BCUT2D eigenvalue weighted by Gasteiger charge is 2.09. The molecule has 0 N–H and O–H groups in total. The lowest BCUT2D eigenvalue weighted by molar-refractivity contribution is 1.24. The molecule has 0 radical (unpaired) electrons. The topological polar surface area (TPSA) is 37.6 Å². The Morgan fingerprint density at radius 1 is 0.941 bits per heavy atom. The predicted molar refractivity (Wildman–Crippen MR) is 72.5 cm³/mol. The Labute approximate surface area is 106 Å². The normalized spacial score (nSPS) is 11.3. The molecule has 3 nitrogen and oxygen atoms in total. The van der Waals surface area contributed by atoms with Crippen LogP contribution in [0.5, 0.6) is 0 Å². The van der Waals surface area contributed by atoms with Crippen LogP contribution in [0.15, 0.2) is 58.8 Å². The van der Waals surface area contributed by atoms with E-state index in [1.54, 1.807) is 10.3 Å². The Balaban J connectivity index is 1.92. The number of hydrogen-bond acceptors (Lipinski definition) is 4. The van der Waals surface area contributed by atoms with Crippen LogP contribution in [-0.4, -0.2) is 4.37 Å². The van der Waals surface area contributed by atoms with Crippen LogP contribution in [0, 0.1) is 0 Å². The highest BCUT2D eigenvalue weighted by Crippen LogP contribution is 2.27. The first kappa shape index (κ1) is 10.4. The Kier molecular flexibility index (Phi) is 2.85. The van der Waals surface area contributed by atoms with Gasteiger partial charge in [0.2, 0.25) is 0 Å². The van der Waals surface area contributed by atoms with Gasteiger partial charge in [0, 0.05) is 6.07 Å². The third-order valence-electron chi connectivity index (χ3n) is 2.24. The summed E-state index contributed by atoms with van der Waals surface area (Å²) >= 11 is 0. The van der Waals surface area contributed by atoms with Crippen LogP contribution >= 0.6 is 20.9 Å². The van der Waals surface area contributed by atoms with Gasteiger partial charge in [-0.15, -0.1) is 4.37 Å². The fourth-order valence-corrected chi connectivity index (χ4v) is 3.19. The van der Waals surface area contributed by atoms with Crippen molar-refractivity contribution in [3.63, 3.8) is 0 Å². The zero-order chi connectivity index (χ0) is 11.5. The zero-order valence-corrected chi connectivity index (χ0v) is 10.4. The molecule has 0 aliphatic heterocycles. The maximum absolute atomic E-state index is 4.27. The first-order valence-corrected chi connectivity index (χ1v) is 7.18. The average Bonchev–Trinajstić information content (AvgIpc) is 2.85. The van der Waals surface area contributed by atoms with E-state index in [1.165, 1.54) is 10.5 Å². The number of benzene rings is 2. The van der Waals surface area contributed by atoms with Gasteiger partial charge in [0.25, 0.3) is 15.2 Å². The molecule has 3 aromatic rings. The molecule has 82 valence electrons. The molecule has 0 fully saturated rings. The molecular weight excluding hydrogens is 250 g/mol. The maximum Gasteiger partial charge on any atom is 0.323 e. The molecule has 0 unspecified atom stereocenters. The summed E-state index contributed by atoms with van der Waals surface area (Å²) in [5, 5.41) is 8.40. The molecular formula is C12H8N3S2+. The van der Waals surface area contributed by atoms with Gasteiger partial charge >= 0.3 is 10.3 Å². The molecule has 0 saturated heterocycles. The Hall–Kier alpha value is -1.72. The molecule has 1 aromatic heterocycles. The van der Waals surface area contributed by atoms with Crippen LogP contribution in [0.25, 0.3) is 10.2 Å². The standard InChI is InChI=1S/C12H8N3S2/c1-2-4-9(5-3-1)13-14-10-6-7-11-12(8-10)16-17-15-11/h1-8H/q+1. The Morgan fingerprint density at radius 3 is 2.65 bits per heavy atom. The second-order valence-corrected chi connectivity index (χ2v) is 5.32. The largest absolute Gasteiger partial charge is 0.323 e. The molecule has 17 heavy (non-hydrogen) atoms. The summed E-state index contributed by atoms with van der Waals surface area (Å²) in [5.41, 5.74) is 2.75. The van der Waals surface area contributed by atoms with E-state index in [0.29, 0.717) is 0 Å². The van der Waals surface area contributed by atoms with Crippen molar-refractivity contribution in [3.8, 4) is 0 Å². The van der Waals surface area contributed by atoms with E-state index in [0.717, 1.165) is 21.6 Å². The zero-order valence-electron chi connectivity index (χ0n) is 8.78. The maximum atomic E-state index is 4.27. The van der Waals surface area contributed by atoms with Crippen molar-refractivity contribution in [2.24, 2.45) is 10.2 Å². The van der Waals surface area contributed by atoms with E-state index < -0.39 is 0 Å². The lowest BCUT2D eigenvalue weighted by Gasteiger charge is -1.90. The number of nitrogens with zero attached hydrogens (tertiary/aromatic N) is 3. The van der Waals surface area contributed by atoms with E-state index in [4.69, 9.17) is 0 Å². The number of fused-ring (bicyclic) bond motifs is 1. The molecule has 2 aromatic carbocycles. The van der Waals surface area contributed by atoms with E-state index >= 15 is 0 Å². The summed E-state index contributed by atoms with van der Waals surface area (Å²) in [5.74, 6) is 0. The van der Waals surface area contributed by atoms with E-state index in [2.05, 4.69) is 14.6 Å². The quantitative estimate of drug-likeness (QED) is 0.360. The highest BCUT2D eigenvalue weighted by atomic mass is 32.9. The lowest BCUT2D eigenvalue weighted by atomic mass is 10.3. The second-order valence-electron chi connectivity index (χ2n) is 3.44. The van der Waals surface area contributed by atoms with Crippen molar-refractivity contribution in [1.29, 1.82) is 0 Å². The molecule has 0 spiro atoms. The lowest BCUT2D eigenvalue weighted by Crippen LogP contribution is -1.66. The van der Waals surface area contributed by atoms with Crippen LogP contribution < -0.4 is 0 Å². The molecule has 0 bridgehead atoms. The number of hydrogen-bond donors (Lipinski definition) is 0. The van der Waals surface area contributed by atoms with Crippen molar-refractivity contribution in [2.45, 2.75) is 0 Å². The smallest absolute Gasteiger partial charge is 0.151 e. The minimum Gasteiger partial charge on any atom is -0.151 e. The first-order valence-electron chi connectivity index (χ1n) is 5.07. The minimum atomic E-state index is 0.859. The summed E-state index contributed by atoms with van der Waals surface area (Å²) < 4.78 is 5.42. The third kappa shape index (κ3) is 2.35. The number of azo groups is 1. The number of aromatic nitrogens is 1. The van der Waals surface area contributed by atoms with Crippen LogP contribution in [0.2, 0.25) is 0 Å². The first-order chi connectivity index (χ1) is 8.42. The molecule has 5 heteroatoms. The van der Waals surface area contributed by atoms with E-state index in [-0.39, 0.29) is 0 Å². The van der Waals surface area contributed by atoms with Crippen molar-refractivity contribution in [3.05, 3.63) is 48.5 Å². The van der Waals surface area contributed by atoms with Crippen LogP contribution in [0.4, 0.5) is 11.4 Å². The van der Waals surface area contributed by atoms with Crippen LogP contribution in [0.3, 0.4) is 0 Å². The predicted octanol–water partition coefficient (Wildman–Crippen LogP) is 5.05. The van der Waals surface area contributed by atoms with Crippen LogP contribution in [0.1, 0.15) is 0 Å². The fraction of sp³-hybridized carbons (Fsp3) is 0. The molecule has 0 atom stereocenters. The molecule has 0 amide bonds. The fourth-order valence-electron chi connectivity index (χ4n) is 1.42. The molecule has 1 heterocycles. The van der Waals surface area contributed by atoms with E-state index in [9.17, 15) is 0 Å². The van der Waals surface area contributed by atoms with Gasteiger partial charge in [-0.2, -0.15) is 10.2 Å². The van der Waals surface area contributed by atoms with Gasteiger partial charge in [0.1, 0.15) is 5.52 Å². The monoisotopic (exact) mass is 258 g/mol. The summed E-state index contributed by atoms with van der Waals surface area (Å²) in [6.07, 6.45) is 0. The van der Waals surface area contributed by atoms with Gasteiger partial charge in [0.15, 0.2) is 0 Å². The van der Waals surface area contributed by atoms with Gasteiger partial charge in [-0.25, -0.2) is 0 Å². The Morgan fingerprint density at radius 2 is 1.76 bits per heavy atom. The van der Waals surface area contributed by atoms with Gasteiger partial charge in [-0.1, -0.05) is 18.2 Å². The van der Waals surface area contributed by atoms with Crippen molar-refractivity contribution in [2.75, 3.05) is 0 Å². The summed E-state index contributed by atoms with van der Waals surface area (Å²) in [7, 11) is 3.15. The SMILES string of the molecule is c1ccc(N=Nc2ccc3ns[s+]c3c2)cc1. The third-order valence-corrected chi connectivity index (χ3v) is 4.08. The van der Waals surface area contributed by atoms with Crippen molar-refractivity contribution >= 4 is 42.5 Å². The molecule has 0 aliphatic carbocycles. The van der Waals surface area contributed by atoms with Gasteiger partial charge in [-0.3, -0.25) is 0 Å². The Bertz CT molecular complexity index is 662. The second kappa shape index (κ2) is 4.65.